The maximum absolute atomic E-state index is 6.11. The number of hydrogen-bond acceptors (Lipinski definition) is 2. The zero-order chi connectivity index (χ0) is 20.5. The van der Waals surface area contributed by atoms with Crippen molar-refractivity contribution in [3.8, 4) is 11.4 Å². The summed E-state index contributed by atoms with van der Waals surface area (Å²) in [7, 11) is 1.63. The van der Waals surface area contributed by atoms with Crippen molar-refractivity contribution in [2.45, 2.75) is 40.0 Å². The van der Waals surface area contributed by atoms with E-state index in [9.17, 15) is 0 Å². The van der Waals surface area contributed by atoms with Crippen LogP contribution in [0.1, 0.15) is 43.3 Å². The summed E-state index contributed by atoms with van der Waals surface area (Å²) in [5.41, 5.74) is 6.73. The van der Waals surface area contributed by atoms with Crippen LogP contribution in [-0.2, 0) is 5.41 Å². The molecule has 1 heterocycles. The van der Waals surface area contributed by atoms with Crippen molar-refractivity contribution >= 4 is 23.5 Å². The van der Waals surface area contributed by atoms with Crippen molar-refractivity contribution in [2.24, 2.45) is 4.99 Å². The van der Waals surface area contributed by atoms with E-state index in [0.717, 1.165) is 16.9 Å². The second kappa shape index (κ2) is 7.84. The molecule has 0 aliphatic heterocycles. The van der Waals surface area contributed by atoms with E-state index in [1.165, 1.54) is 11.3 Å². The summed E-state index contributed by atoms with van der Waals surface area (Å²) in [5, 5.41) is 0.636. The molecule has 0 unspecified atom stereocenters. The van der Waals surface area contributed by atoms with Gasteiger partial charge < -0.3 is 9.30 Å². The highest BCUT2D eigenvalue weighted by molar-refractivity contribution is 6.30. The largest absolute Gasteiger partial charge is 0.494 e. The minimum atomic E-state index is 0.146. The van der Waals surface area contributed by atoms with E-state index >= 15 is 0 Å². The normalized spacial score (nSPS) is 12.0. The molecule has 0 bridgehead atoms. The number of rotatable bonds is 4. The number of aliphatic imine (C=N–C) groups is 1. The molecule has 2 aromatic carbocycles. The summed E-state index contributed by atoms with van der Waals surface area (Å²) >= 11 is 6.11. The molecule has 0 aliphatic carbocycles. The maximum Gasteiger partial charge on any atom is 0.144 e. The van der Waals surface area contributed by atoms with Crippen LogP contribution in [0.15, 0.2) is 53.5 Å². The van der Waals surface area contributed by atoms with E-state index in [4.69, 9.17) is 16.3 Å². The minimum Gasteiger partial charge on any atom is -0.494 e. The molecule has 3 nitrogen and oxygen atoms in total. The summed E-state index contributed by atoms with van der Waals surface area (Å²) in [5.74, 6) is 0.701. The Morgan fingerprint density at radius 1 is 1.00 bits per heavy atom. The average Bonchev–Trinajstić information content (AvgIpc) is 2.93. The highest BCUT2D eigenvalue weighted by atomic mass is 35.5. The highest BCUT2D eigenvalue weighted by Crippen LogP contribution is 2.31. The molecule has 0 saturated carbocycles. The van der Waals surface area contributed by atoms with Crippen LogP contribution in [0, 0.1) is 13.8 Å². The third-order valence-electron chi connectivity index (χ3n) is 4.95. The molecule has 0 fully saturated rings. The van der Waals surface area contributed by atoms with Crippen LogP contribution < -0.4 is 4.74 Å². The summed E-state index contributed by atoms with van der Waals surface area (Å²) in [6, 6.07) is 16.4. The SMILES string of the molecule is COc1ccc(Cl)cc1N=Cc1cc(C)n(-c2ccc(C(C)(C)C)cc2)c1C. The first-order valence-corrected chi connectivity index (χ1v) is 9.76. The van der Waals surface area contributed by atoms with Gasteiger partial charge in [0.05, 0.1) is 7.11 Å². The third kappa shape index (κ3) is 4.15. The molecule has 146 valence electrons. The molecule has 3 rings (SSSR count). The van der Waals surface area contributed by atoms with Crippen molar-refractivity contribution in [1.82, 2.24) is 4.57 Å². The van der Waals surface area contributed by atoms with Crippen LogP contribution in [0.25, 0.3) is 5.69 Å². The van der Waals surface area contributed by atoms with Gasteiger partial charge in [0.25, 0.3) is 0 Å². The van der Waals surface area contributed by atoms with Crippen molar-refractivity contribution in [1.29, 1.82) is 0 Å². The second-order valence-electron chi connectivity index (χ2n) is 8.03. The zero-order valence-corrected chi connectivity index (χ0v) is 18.1. The number of aryl methyl sites for hydroxylation is 1. The minimum absolute atomic E-state index is 0.146. The molecule has 0 spiro atoms. The Morgan fingerprint density at radius 3 is 2.29 bits per heavy atom. The molecular formula is C24H27ClN2O. The average molecular weight is 395 g/mol. The van der Waals surface area contributed by atoms with Gasteiger partial charge in [-0.15, -0.1) is 0 Å². The number of methoxy groups -OCH3 is 1. The number of halogens is 1. The van der Waals surface area contributed by atoms with Crippen molar-refractivity contribution < 1.29 is 4.74 Å². The lowest BCUT2D eigenvalue weighted by Crippen LogP contribution is -2.11. The summed E-state index contributed by atoms with van der Waals surface area (Å²) in [4.78, 5) is 4.62. The first kappa shape index (κ1) is 20.2. The summed E-state index contributed by atoms with van der Waals surface area (Å²) < 4.78 is 7.63. The van der Waals surface area contributed by atoms with E-state index in [1.54, 1.807) is 19.2 Å². The smallest absolute Gasteiger partial charge is 0.144 e. The van der Waals surface area contributed by atoms with Gasteiger partial charge in [0, 0.05) is 33.9 Å². The Labute approximate surface area is 172 Å². The van der Waals surface area contributed by atoms with Gasteiger partial charge in [-0.3, -0.25) is 4.99 Å². The van der Waals surface area contributed by atoms with Gasteiger partial charge in [-0.25, -0.2) is 0 Å². The van der Waals surface area contributed by atoms with Crippen molar-refractivity contribution in [3.05, 3.63) is 76.1 Å². The van der Waals surface area contributed by atoms with Crippen LogP contribution in [0.3, 0.4) is 0 Å². The van der Waals surface area contributed by atoms with Crippen LogP contribution >= 0.6 is 11.6 Å². The molecule has 28 heavy (non-hydrogen) atoms. The molecule has 0 saturated heterocycles. The van der Waals surface area contributed by atoms with Crippen LogP contribution in [0.2, 0.25) is 5.02 Å². The zero-order valence-electron chi connectivity index (χ0n) is 17.4. The lowest BCUT2D eigenvalue weighted by atomic mass is 9.87. The van der Waals surface area contributed by atoms with Crippen molar-refractivity contribution in [2.75, 3.05) is 7.11 Å². The Hall–Kier alpha value is -2.52. The van der Waals surface area contributed by atoms with Gasteiger partial charge in [-0.2, -0.15) is 0 Å². The summed E-state index contributed by atoms with van der Waals surface area (Å²) in [6.45, 7) is 10.9. The fourth-order valence-electron chi connectivity index (χ4n) is 3.33. The molecule has 0 atom stereocenters. The second-order valence-corrected chi connectivity index (χ2v) is 8.47. The predicted octanol–water partition coefficient (Wildman–Crippen LogP) is 6.80. The number of aromatic nitrogens is 1. The molecular weight excluding hydrogens is 368 g/mol. The number of benzene rings is 2. The topological polar surface area (TPSA) is 26.5 Å². The molecule has 1 aromatic heterocycles. The third-order valence-corrected chi connectivity index (χ3v) is 5.18. The Morgan fingerprint density at radius 2 is 1.68 bits per heavy atom. The fraction of sp³-hybridized carbons (Fsp3) is 0.292. The molecule has 4 heteroatoms. The van der Waals surface area contributed by atoms with Gasteiger partial charge in [0.1, 0.15) is 11.4 Å². The summed E-state index contributed by atoms with van der Waals surface area (Å²) in [6.07, 6.45) is 1.87. The van der Waals surface area contributed by atoms with Gasteiger partial charge in [-0.1, -0.05) is 44.5 Å². The van der Waals surface area contributed by atoms with E-state index in [-0.39, 0.29) is 5.41 Å². The van der Waals surface area contributed by atoms with Gasteiger partial charge in [-0.05, 0) is 61.2 Å². The van der Waals surface area contributed by atoms with E-state index in [0.29, 0.717) is 16.5 Å². The van der Waals surface area contributed by atoms with Gasteiger partial charge in [0.2, 0.25) is 0 Å². The Kier molecular flexibility index (Phi) is 5.66. The number of nitrogens with zero attached hydrogens (tertiary/aromatic N) is 2. The van der Waals surface area contributed by atoms with Gasteiger partial charge in [0.15, 0.2) is 0 Å². The number of ether oxygens (including phenoxy) is 1. The quantitative estimate of drug-likeness (QED) is 0.446. The lowest BCUT2D eigenvalue weighted by molar-refractivity contribution is 0.416. The Balaban J connectivity index is 1.96. The first-order valence-electron chi connectivity index (χ1n) is 9.38. The Bertz CT molecular complexity index is 1010. The predicted molar refractivity (Wildman–Crippen MR) is 119 cm³/mol. The van der Waals surface area contributed by atoms with E-state index in [1.807, 2.05) is 12.3 Å². The maximum atomic E-state index is 6.11. The van der Waals surface area contributed by atoms with Gasteiger partial charge >= 0.3 is 0 Å². The molecule has 0 aliphatic rings. The molecule has 0 N–H and O–H groups in total. The highest BCUT2D eigenvalue weighted by Gasteiger charge is 2.14. The molecule has 3 aromatic rings. The van der Waals surface area contributed by atoms with Crippen molar-refractivity contribution in [3.63, 3.8) is 0 Å². The lowest BCUT2D eigenvalue weighted by Gasteiger charge is -2.20. The standard InChI is InChI=1S/C24H27ClN2O/c1-16-13-18(15-26-22-14-20(25)9-12-23(22)28-6)17(2)27(16)21-10-7-19(8-11-21)24(3,4)5/h7-15H,1-6H3. The molecule has 0 amide bonds. The van der Waals surface area contributed by atoms with E-state index in [2.05, 4.69) is 74.5 Å². The van der Waals surface area contributed by atoms with Crippen LogP contribution in [-0.4, -0.2) is 17.9 Å². The number of hydrogen-bond donors (Lipinski definition) is 0. The molecule has 0 radical (unpaired) electrons. The van der Waals surface area contributed by atoms with Crippen LogP contribution in [0.4, 0.5) is 5.69 Å². The first-order chi connectivity index (χ1) is 13.2. The fourth-order valence-corrected chi connectivity index (χ4v) is 3.50. The van der Waals surface area contributed by atoms with E-state index < -0.39 is 0 Å². The monoisotopic (exact) mass is 394 g/mol. The van der Waals surface area contributed by atoms with Crippen LogP contribution in [0.5, 0.6) is 5.75 Å².